The Morgan fingerprint density at radius 1 is 1.04 bits per heavy atom. The van der Waals surface area contributed by atoms with Crippen molar-refractivity contribution < 1.29 is 18.4 Å². The van der Waals surface area contributed by atoms with Gasteiger partial charge in [0.25, 0.3) is 5.91 Å². The number of benzene rings is 2. The van der Waals surface area contributed by atoms with Gasteiger partial charge in [0.15, 0.2) is 5.13 Å². The van der Waals surface area contributed by atoms with E-state index in [1.54, 1.807) is 18.4 Å². The summed E-state index contributed by atoms with van der Waals surface area (Å²) in [5.74, 6) is -1.82. The van der Waals surface area contributed by atoms with Crippen LogP contribution in [0.4, 0.5) is 19.6 Å². The summed E-state index contributed by atoms with van der Waals surface area (Å²) in [5, 5.41) is 6.94. The maximum Gasteiger partial charge on any atom is 0.257 e. The highest BCUT2D eigenvalue weighted by Crippen LogP contribution is 2.29. The molecule has 0 atom stereocenters. The highest BCUT2D eigenvalue weighted by molar-refractivity contribution is 7.14. The molecule has 0 radical (unpaired) electrons. The fourth-order valence-corrected chi connectivity index (χ4v) is 3.07. The van der Waals surface area contributed by atoms with E-state index in [2.05, 4.69) is 15.6 Å². The number of thiazole rings is 1. The predicted molar refractivity (Wildman–Crippen MR) is 101 cm³/mol. The molecule has 0 bridgehead atoms. The van der Waals surface area contributed by atoms with Gasteiger partial charge in [0.05, 0.1) is 5.69 Å². The van der Waals surface area contributed by atoms with Crippen LogP contribution in [0.1, 0.15) is 22.8 Å². The maximum atomic E-state index is 14.3. The van der Waals surface area contributed by atoms with Crippen molar-refractivity contribution >= 4 is 34.0 Å². The summed E-state index contributed by atoms with van der Waals surface area (Å²) < 4.78 is 27.9. The van der Waals surface area contributed by atoms with Gasteiger partial charge in [-0.05, 0) is 42.8 Å². The number of amides is 2. The smallest absolute Gasteiger partial charge is 0.257 e. The van der Waals surface area contributed by atoms with Crippen LogP contribution in [0.25, 0.3) is 11.3 Å². The summed E-state index contributed by atoms with van der Waals surface area (Å²) in [4.78, 5) is 27.4. The second kappa shape index (κ2) is 7.63. The van der Waals surface area contributed by atoms with Crippen LogP contribution in [0, 0.1) is 18.6 Å². The van der Waals surface area contributed by atoms with Crippen molar-refractivity contribution in [2.45, 2.75) is 13.8 Å². The molecule has 0 saturated heterocycles. The number of nitrogens with one attached hydrogen (secondary N) is 2. The lowest BCUT2D eigenvalue weighted by Crippen LogP contribution is -2.12. The number of halogens is 2. The van der Waals surface area contributed by atoms with Crippen LogP contribution in [0.2, 0.25) is 0 Å². The Bertz CT molecular complexity index is 1030. The molecular formula is C19H15F2N3O2S. The highest BCUT2D eigenvalue weighted by Gasteiger charge is 2.14. The summed E-state index contributed by atoms with van der Waals surface area (Å²) in [5.41, 5.74) is 1.54. The molecule has 0 aliphatic heterocycles. The lowest BCUT2D eigenvalue weighted by molar-refractivity contribution is -0.114. The number of hydrogen-bond donors (Lipinski definition) is 2. The van der Waals surface area contributed by atoms with E-state index in [-0.39, 0.29) is 22.2 Å². The molecule has 2 N–H and O–H groups in total. The van der Waals surface area contributed by atoms with Gasteiger partial charge in [0.1, 0.15) is 11.6 Å². The van der Waals surface area contributed by atoms with E-state index in [1.807, 2.05) is 0 Å². The van der Waals surface area contributed by atoms with E-state index in [9.17, 15) is 18.4 Å². The van der Waals surface area contributed by atoms with Gasteiger partial charge < -0.3 is 5.32 Å². The first kappa shape index (κ1) is 18.7. The molecule has 0 aliphatic carbocycles. The number of aryl methyl sites for hydroxylation is 1. The van der Waals surface area contributed by atoms with Crippen LogP contribution in [0.15, 0.2) is 41.8 Å². The third-order valence-corrected chi connectivity index (χ3v) is 4.48. The van der Waals surface area contributed by atoms with E-state index in [4.69, 9.17) is 0 Å². The highest BCUT2D eigenvalue weighted by atomic mass is 32.1. The van der Waals surface area contributed by atoms with Gasteiger partial charge >= 0.3 is 0 Å². The number of hydrogen-bond acceptors (Lipinski definition) is 4. The molecule has 1 heterocycles. The molecule has 3 aromatic rings. The van der Waals surface area contributed by atoms with Gasteiger partial charge in [0, 0.05) is 29.1 Å². The number of nitrogens with zero attached hydrogens (tertiary/aromatic N) is 1. The van der Waals surface area contributed by atoms with E-state index in [0.717, 1.165) is 17.4 Å². The SMILES string of the molecule is CC(=O)Nc1ccc(-c2csc(NC(=O)c3ccc(C)c(F)c3)n2)c(F)c1. The van der Waals surface area contributed by atoms with Crippen LogP contribution in [0.3, 0.4) is 0 Å². The van der Waals surface area contributed by atoms with Gasteiger partial charge in [-0.15, -0.1) is 11.3 Å². The van der Waals surface area contributed by atoms with Crippen molar-refractivity contribution in [1.29, 1.82) is 0 Å². The Hall–Kier alpha value is -3.13. The van der Waals surface area contributed by atoms with Crippen LogP contribution in [-0.2, 0) is 4.79 Å². The number of carbonyl (C=O) groups is 2. The van der Waals surface area contributed by atoms with E-state index in [1.165, 1.54) is 31.2 Å². The predicted octanol–water partition coefficient (Wildman–Crippen LogP) is 4.61. The average Bonchev–Trinajstić information content (AvgIpc) is 3.05. The molecule has 138 valence electrons. The summed E-state index contributed by atoms with van der Waals surface area (Å²) in [7, 11) is 0. The standard InChI is InChI=1S/C19H15F2N3O2S/c1-10-3-4-12(7-15(10)20)18(26)24-19-23-17(9-27-19)14-6-5-13(8-16(14)21)22-11(2)25/h3-9H,1-2H3,(H,22,25)(H,23,24,26). The largest absolute Gasteiger partial charge is 0.326 e. The molecular weight excluding hydrogens is 372 g/mol. The quantitative estimate of drug-likeness (QED) is 0.687. The van der Waals surface area contributed by atoms with Crippen molar-refractivity contribution in [2.75, 3.05) is 10.6 Å². The molecule has 3 rings (SSSR count). The summed E-state index contributed by atoms with van der Waals surface area (Å²) in [6.45, 7) is 2.94. The van der Waals surface area contributed by atoms with Crippen LogP contribution in [0.5, 0.6) is 0 Å². The second-order valence-electron chi connectivity index (χ2n) is 5.83. The lowest BCUT2D eigenvalue weighted by atomic mass is 10.1. The van der Waals surface area contributed by atoms with Crippen molar-refractivity contribution in [3.8, 4) is 11.3 Å². The van der Waals surface area contributed by atoms with Gasteiger partial charge in [-0.3, -0.25) is 14.9 Å². The van der Waals surface area contributed by atoms with E-state index >= 15 is 0 Å². The van der Waals surface area contributed by atoms with Crippen molar-refractivity contribution in [2.24, 2.45) is 0 Å². The zero-order valence-corrected chi connectivity index (χ0v) is 15.3. The molecule has 8 heteroatoms. The Morgan fingerprint density at radius 3 is 2.48 bits per heavy atom. The normalized spacial score (nSPS) is 10.5. The topological polar surface area (TPSA) is 71.1 Å². The summed E-state index contributed by atoms with van der Waals surface area (Å²) in [6, 6.07) is 8.44. The van der Waals surface area contributed by atoms with Crippen LogP contribution < -0.4 is 10.6 Å². The molecule has 27 heavy (non-hydrogen) atoms. The fourth-order valence-electron chi connectivity index (χ4n) is 2.36. The average molecular weight is 387 g/mol. The Morgan fingerprint density at radius 2 is 1.81 bits per heavy atom. The molecule has 0 fully saturated rings. The zero-order valence-electron chi connectivity index (χ0n) is 14.5. The van der Waals surface area contributed by atoms with Crippen molar-refractivity contribution in [1.82, 2.24) is 4.98 Å². The molecule has 2 aromatic carbocycles. The first-order valence-corrected chi connectivity index (χ1v) is 8.82. The van der Waals surface area contributed by atoms with Gasteiger partial charge in [-0.1, -0.05) is 6.07 Å². The summed E-state index contributed by atoms with van der Waals surface area (Å²) >= 11 is 1.13. The molecule has 0 spiro atoms. The first-order valence-electron chi connectivity index (χ1n) is 7.94. The number of aromatic nitrogens is 1. The molecule has 0 unspecified atom stereocenters. The summed E-state index contributed by atoms with van der Waals surface area (Å²) in [6.07, 6.45) is 0. The van der Waals surface area contributed by atoms with Crippen LogP contribution >= 0.6 is 11.3 Å². The number of anilines is 2. The molecule has 0 aliphatic rings. The maximum absolute atomic E-state index is 14.3. The van der Waals surface area contributed by atoms with Crippen molar-refractivity contribution in [3.63, 3.8) is 0 Å². The fraction of sp³-hybridized carbons (Fsp3) is 0.105. The van der Waals surface area contributed by atoms with Gasteiger partial charge in [-0.2, -0.15) is 0 Å². The second-order valence-corrected chi connectivity index (χ2v) is 6.69. The molecule has 1 aromatic heterocycles. The third kappa shape index (κ3) is 4.35. The van der Waals surface area contributed by atoms with Crippen LogP contribution in [-0.4, -0.2) is 16.8 Å². The van der Waals surface area contributed by atoms with Gasteiger partial charge in [0.2, 0.25) is 5.91 Å². The monoisotopic (exact) mass is 387 g/mol. The molecule has 2 amide bonds. The minimum absolute atomic E-state index is 0.167. The van der Waals surface area contributed by atoms with E-state index < -0.39 is 17.5 Å². The minimum atomic E-state index is -0.551. The van der Waals surface area contributed by atoms with Crippen molar-refractivity contribution in [3.05, 3.63) is 64.5 Å². The van der Waals surface area contributed by atoms with Gasteiger partial charge in [-0.25, -0.2) is 13.8 Å². The molecule has 0 saturated carbocycles. The Kier molecular flexibility index (Phi) is 5.27. The minimum Gasteiger partial charge on any atom is -0.326 e. The zero-order chi connectivity index (χ0) is 19.6. The molecule has 5 nitrogen and oxygen atoms in total. The number of carbonyl (C=O) groups excluding carboxylic acids is 2. The Balaban J connectivity index is 1.77. The number of rotatable bonds is 4. The first-order chi connectivity index (χ1) is 12.8. The van der Waals surface area contributed by atoms with E-state index in [0.29, 0.717) is 16.9 Å². The lowest BCUT2D eigenvalue weighted by Gasteiger charge is -2.05. The Labute approximate surface area is 158 Å². The third-order valence-electron chi connectivity index (χ3n) is 3.72.